The number of hydrogen-bond acceptors (Lipinski definition) is 4. The smallest absolute Gasteiger partial charge is 0.257 e. The summed E-state index contributed by atoms with van der Waals surface area (Å²) in [6.07, 6.45) is 0.467. The van der Waals surface area contributed by atoms with Crippen LogP contribution in [-0.4, -0.2) is 41.5 Å². The quantitative estimate of drug-likeness (QED) is 0.752. The summed E-state index contributed by atoms with van der Waals surface area (Å²) in [7, 11) is 1.40. The van der Waals surface area contributed by atoms with Gasteiger partial charge in [0.25, 0.3) is 5.91 Å². The molecular formula is C14H14N2O4. The van der Waals surface area contributed by atoms with Crippen molar-refractivity contribution in [3.05, 3.63) is 29.8 Å². The van der Waals surface area contributed by atoms with E-state index in [1.54, 1.807) is 0 Å². The van der Waals surface area contributed by atoms with Crippen LogP contribution in [0, 0.1) is 0 Å². The molecule has 2 heterocycles. The zero-order valence-electron chi connectivity index (χ0n) is 11.0. The number of amides is 2. The molecule has 0 aromatic heterocycles. The summed E-state index contributed by atoms with van der Waals surface area (Å²) in [5.74, 6) is -0.450. The van der Waals surface area contributed by atoms with Gasteiger partial charge in [-0.25, -0.2) is 0 Å². The highest BCUT2D eigenvalue weighted by atomic mass is 16.5. The number of phenolic OH excluding ortho intramolecular Hbond substituents is 1. The van der Waals surface area contributed by atoms with Gasteiger partial charge in [0.15, 0.2) is 11.5 Å². The number of methoxy groups -OCH3 is 1. The number of ether oxygens (including phenoxy) is 1. The number of nitrogens with one attached hydrogen (secondary N) is 1. The van der Waals surface area contributed by atoms with Crippen LogP contribution in [0.1, 0.15) is 16.8 Å². The van der Waals surface area contributed by atoms with E-state index in [9.17, 15) is 14.7 Å². The lowest BCUT2D eigenvalue weighted by molar-refractivity contribution is -0.119. The van der Waals surface area contributed by atoms with E-state index < -0.39 is 6.04 Å². The van der Waals surface area contributed by atoms with E-state index in [2.05, 4.69) is 11.9 Å². The van der Waals surface area contributed by atoms with Crippen LogP contribution in [0.3, 0.4) is 0 Å². The summed E-state index contributed by atoms with van der Waals surface area (Å²) in [5, 5.41) is 12.4. The molecule has 2 aliphatic rings. The molecule has 0 unspecified atom stereocenters. The molecule has 0 saturated carbocycles. The van der Waals surface area contributed by atoms with Gasteiger partial charge in [-0.2, -0.15) is 0 Å². The minimum Gasteiger partial charge on any atom is -0.504 e. The largest absolute Gasteiger partial charge is 0.504 e. The number of aromatic hydroxyl groups is 1. The first kappa shape index (κ1) is 12.5. The maximum Gasteiger partial charge on any atom is 0.257 e. The summed E-state index contributed by atoms with van der Waals surface area (Å²) >= 11 is 0. The molecule has 104 valence electrons. The molecule has 1 atom stereocenters. The average molecular weight is 274 g/mol. The van der Waals surface area contributed by atoms with E-state index in [0.29, 0.717) is 24.2 Å². The maximum atomic E-state index is 12.5. The minimum atomic E-state index is -0.532. The Morgan fingerprint density at radius 2 is 2.20 bits per heavy atom. The number of benzene rings is 1. The van der Waals surface area contributed by atoms with Gasteiger partial charge in [-0.1, -0.05) is 12.2 Å². The van der Waals surface area contributed by atoms with Gasteiger partial charge in [0, 0.05) is 12.6 Å². The van der Waals surface area contributed by atoms with Gasteiger partial charge in [-0.05, 0) is 12.5 Å². The summed E-state index contributed by atoms with van der Waals surface area (Å²) in [4.78, 5) is 26.2. The molecule has 6 heteroatoms. The molecule has 0 bridgehead atoms. The Balaban J connectivity index is 2.13. The van der Waals surface area contributed by atoms with Gasteiger partial charge < -0.3 is 20.1 Å². The molecule has 3 rings (SSSR count). The van der Waals surface area contributed by atoms with Gasteiger partial charge in [-0.3, -0.25) is 9.59 Å². The van der Waals surface area contributed by atoms with E-state index >= 15 is 0 Å². The number of fused-ring (bicyclic) bond motifs is 2. The molecule has 1 aromatic carbocycles. The summed E-state index contributed by atoms with van der Waals surface area (Å²) in [6, 6.07) is 2.24. The zero-order chi connectivity index (χ0) is 14.4. The molecule has 6 nitrogen and oxygen atoms in total. The number of carbonyl (C=O) groups is 2. The minimum absolute atomic E-state index is 0.120. The zero-order valence-corrected chi connectivity index (χ0v) is 11.0. The van der Waals surface area contributed by atoms with Crippen molar-refractivity contribution < 1.29 is 19.4 Å². The van der Waals surface area contributed by atoms with Crippen molar-refractivity contribution in [2.75, 3.05) is 19.0 Å². The predicted molar refractivity (Wildman–Crippen MR) is 71.9 cm³/mol. The van der Waals surface area contributed by atoms with Crippen molar-refractivity contribution in [2.45, 2.75) is 12.5 Å². The van der Waals surface area contributed by atoms with Crippen molar-refractivity contribution in [1.82, 2.24) is 4.90 Å². The normalized spacial score (nSPS) is 21.1. The summed E-state index contributed by atoms with van der Waals surface area (Å²) in [6.45, 7) is 4.22. The number of carbonyl (C=O) groups excluding carboxylic acids is 2. The highest BCUT2D eigenvalue weighted by Gasteiger charge is 2.40. The third-order valence-corrected chi connectivity index (χ3v) is 3.62. The highest BCUT2D eigenvalue weighted by molar-refractivity contribution is 6.11. The number of phenols is 1. The van der Waals surface area contributed by atoms with E-state index in [-0.39, 0.29) is 23.3 Å². The van der Waals surface area contributed by atoms with E-state index in [1.807, 2.05) is 0 Å². The second-order valence-electron chi connectivity index (χ2n) is 4.96. The molecule has 0 spiro atoms. The molecule has 2 aliphatic heterocycles. The Hall–Kier alpha value is -2.50. The molecule has 1 fully saturated rings. The first-order chi connectivity index (χ1) is 9.51. The van der Waals surface area contributed by atoms with Crippen molar-refractivity contribution in [3.8, 4) is 11.5 Å². The number of rotatable bonds is 1. The van der Waals surface area contributed by atoms with Crippen LogP contribution in [0.5, 0.6) is 11.5 Å². The van der Waals surface area contributed by atoms with Crippen LogP contribution in [0.4, 0.5) is 5.69 Å². The fourth-order valence-corrected chi connectivity index (χ4v) is 2.63. The van der Waals surface area contributed by atoms with Crippen LogP contribution in [0.15, 0.2) is 24.3 Å². The third-order valence-electron chi connectivity index (χ3n) is 3.62. The van der Waals surface area contributed by atoms with E-state index in [4.69, 9.17) is 4.74 Å². The van der Waals surface area contributed by atoms with Gasteiger partial charge in [0.1, 0.15) is 6.04 Å². The first-order valence-corrected chi connectivity index (χ1v) is 6.20. The monoisotopic (exact) mass is 274 g/mol. The molecule has 0 radical (unpaired) electrons. The van der Waals surface area contributed by atoms with E-state index in [1.165, 1.54) is 24.1 Å². The SMILES string of the molecule is C=C1C[C@H]2C(=O)Nc3cc(O)c(OC)cc3C(=O)N2C1. The van der Waals surface area contributed by atoms with Crippen LogP contribution in [0.25, 0.3) is 0 Å². The second kappa shape index (κ2) is 4.26. The molecule has 2 N–H and O–H groups in total. The van der Waals surface area contributed by atoms with Gasteiger partial charge in [-0.15, -0.1) is 0 Å². The molecule has 2 amide bonds. The summed E-state index contributed by atoms with van der Waals surface area (Å²) < 4.78 is 5.01. The Kier molecular flexibility index (Phi) is 2.67. The summed E-state index contributed by atoms with van der Waals surface area (Å²) in [5.41, 5.74) is 1.47. The number of hydrogen-bond donors (Lipinski definition) is 2. The predicted octanol–water partition coefficient (Wildman–Crippen LogP) is 1.12. The molecule has 1 aromatic rings. The van der Waals surface area contributed by atoms with Crippen LogP contribution >= 0.6 is 0 Å². The van der Waals surface area contributed by atoms with Crippen LogP contribution < -0.4 is 10.1 Å². The standard InChI is InChI=1S/C14H14N2O4/c1-7-3-10-13(18)15-9-5-11(17)12(20-2)4-8(9)14(19)16(10)6-7/h4-5,10,17H,1,3,6H2,2H3,(H,15,18)/t10-/m0/s1. The average Bonchev–Trinajstić information content (AvgIpc) is 2.77. The van der Waals surface area contributed by atoms with Gasteiger partial charge in [0.2, 0.25) is 5.91 Å². The Morgan fingerprint density at radius 1 is 1.45 bits per heavy atom. The Morgan fingerprint density at radius 3 is 2.90 bits per heavy atom. The lowest BCUT2D eigenvalue weighted by Crippen LogP contribution is -2.40. The Bertz CT molecular complexity index is 638. The first-order valence-electron chi connectivity index (χ1n) is 6.20. The lowest BCUT2D eigenvalue weighted by atomic mass is 10.1. The van der Waals surface area contributed by atoms with Gasteiger partial charge >= 0.3 is 0 Å². The van der Waals surface area contributed by atoms with E-state index in [0.717, 1.165) is 5.57 Å². The van der Waals surface area contributed by atoms with Crippen LogP contribution in [-0.2, 0) is 4.79 Å². The molecule has 1 saturated heterocycles. The molecule has 20 heavy (non-hydrogen) atoms. The fraction of sp³-hybridized carbons (Fsp3) is 0.286. The van der Waals surface area contributed by atoms with Crippen LogP contribution in [0.2, 0.25) is 0 Å². The fourth-order valence-electron chi connectivity index (χ4n) is 2.63. The van der Waals surface area contributed by atoms with Crippen molar-refractivity contribution in [2.24, 2.45) is 0 Å². The van der Waals surface area contributed by atoms with Gasteiger partial charge in [0.05, 0.1) is 18.4 Å². The topological polar surface area (TPSA) is 78.9 Å². The van der Waals surface area contributed by atoms with Crippen molar-refractivity contribution in [1.29, 1.82) is 0 Å². The second-order valence-corrected chi connectivity index (χ2v) is 4.96. The Labute approximate surface area is 115 Å². The third kappa shape index (κ3) is 1.72. The highest BCUT2D eigenvalue weighted by Crippen LogP contribution is 2.36. The number of anilines is 1. The number of nitrogens with zero attached hydrogens (tertiary/aromatic N) is 1. The maximum absolute atomic E-state index is 12.5. The molecular weight excluding hydrogens is 260 g/mol. The molecule has 0 aliphatic carbocycles. The van der Waals surface area contributed by atoms with Crippen molar-refractivity contribution >= 4 is 17.5 Å². The lowest BCUT2D eigenvalue weighted by Gasteiger charge is -2.19. The van der Waals surface area contributed by atoms with Crippen molar-refractivity contribution in [3.63, 3.8) is 0 Å².